The Hall–Kier alpha value is -3.22. The van der Waals surface area contributed by atoms with E-state index in [4.69, 9.17) is 14.5 Å². The van der Waals surface area contributed by atoms with E-state index in [1.54, 1.807) is 14.2 Å². The summed E-state index contributed by atoms with van der Waals surface area (Å²) >= 11 is 0. The number of hydrogen-bond acceptors (Lipinski definition) is 5. The summed E-state index contributed by atoms with van der Waals surface area (Å²) in [5.74, 6) is 2.34. The van der Waals surface area contributed by atoms with Gasteiger partial charge in [0.25, 0.3) is 0 Å². The molecule has 0 radical (unpaired) electrons. The third-order valence-electron chi connectivity index (χ3n) is 5.88. The largest absolute Gasteiger partial charge is 0.493 e. The Kier molecular flexibility index (Phi) is 6.30. The van der Waals surface area contributed by atoms with Crippen LogP contribution < -0.4 is 19.7 Å². The van der Waals surface area contributed by atoms with E-state index < -0.39 is 0 Å². The highest BCUT2D eigenvalue weighted by molar-refractivity contribution is 5.80. The van der Waals surface area contributed by atoms with Crippen molar-refractivity contribution in [3.63, 3.8) is 0 Å². The maximum absolute atomic E-state index is 12.8. The molecule has 2 aromatic carbocycles. The first-order valence-electron chi connectivity index (χ1n) is 10.8. The summed E-state index contributed by atoms with van der Waals surface area (Å²) in [7, 11) is 3.25. The fourth-order valence-corrected chi connectivity index (χ4v) is 4.15. The molecule has 0 unspecified atom stereocenters. The molecule has 31 heavy (non-hydrogen) atoms. The minimum absolute atomic E-state index is 0.0332. The molecule has 1 saturated heterocycles. The number of carbonyl (C=O) groups excluding carboxylic acids is 1. The average Bonchev–Trinajstić information content (AvgIpc) is 3.22. The number of H-pyrrole nitrogens is 1. The Morgan fingerprint density at radius 2 is 2.03 bits per heavy atom. The zero-order chi connectivity index (χ0) is 21.8. The number of imidazole rings is 1. The number of fused-ring (bicyclic) bond motifs is 1. The van der Waals surface area contributed by atoms with Crippen molar-refractivity contribution in [2.45, 2.75) is 26.2 Å². The summed E-state index contributed by atoms with van der Waals surface area (Å²) in [5.41, 5.74) is 4.30. The average molecular weight is 423 g/mol. The van der Waals surface area contributed by atoms with Crippen LogP contribution in [0.25, 0.3) is 11.0 Å². The van der Waals surface area contributed by atoms with Gasteiger partial charge in [-0.05, 0) is 61.6 Å². The van der Waals surface area contributed by atoms with E-state index >= 15 is 0 Å². The maximum Gasteiger partial charge on any atom is 0.224 e. The molecule has 1 aromatic heterocycles. The van der Waals surface area contributed by atoms with Crippen LogP contribution in [0.5, 0.6) is 11.5 Å². The second-order valence-corrected chi connectivity index (χ2v) is 8.10. The SMILES string of the molecule is COc1ccc(CCNC(=O)[C@H]2CCCN(c3nc4ccc(C)cc4[nH]3)C2)cc1OC. The number of nitrogens with one attached hydrogen (secondary N) is 2. The van der Waals surface area contributed by atoms with Crippen molar-refractivity contribution in [1.82, 2.24) is 15.3 Å². The number of carbonyl (C=O) groups is 1. The summed E-state index contributed by atoms with van der Waals surface area (Å²) in [5, 5.41) is 3.10. The fraction of sp³-hybridized carbons (Fsp3) is 0.417. The number of aryl methyl sites for hydroxylation is 1. The van der Waals surface area contributed by atoms with E-state index in [1.807, 2.05) is 24.3 Å². The lowest BCUT2D eigenvalue weighted by Crippen LogP contribution is -2.43. The number of ether oxygens (including phenoxy) is 2. The van der Waals surface area contributed by atoms with Gasteiger partial charge in [-0.1, -0.05) is 12.1 Å². The van der Waals surface area contributed by atoms with Gasteiger partial charge < -0.3 is 24.7 Å². The second-order valence-electron chi connectivity index (χ2n) is 8.10. The van der Waals surface area contributed by atoms with Crippen molar-refractivity contribution >= 4 is 22.9 Å². The molecule has 1 amide bonds. The van der Waals surface area contributed by atoms with Crippen LogP contribution in [0.3, 0.4) is 0 Å². The van der Waals surface area contributed by atoms with Crippen LogP contribution in [0.15, 0.2) is 36.4 Å². The summed E-state index contributed by atoms with van der Waals surface area (Å²) < 4.78 is 10.6. The number of benzene rings is 2. The van der Waals surface area contributed by atoms with Crippen molar-refractivity contribution in [3.05, 3.63) is 47.5 Å². The Balaban J connectivity index is 1.33. The summed E-state index contributed by atoms with van der Waals surface area (Å²) in [4.78, 5) is 23.1. The van der Waals surface area contributed by atoms with E-state index in [-0.39, 0.29) is 11.8 Å². The Labute approximate surface area is 182 Å². The first kappa shape index (κ1) is 21.0. The molecular formula is C24H30N4O3. The third-order valence-corrected chi connectivity index (χ3v) is 5.88. The van der Waals surface area contributed by atoms with Crippen molar-refractivity contribution in [2.24, 2.45) is 5.92 Å². The number of aromatic amines is 1. The lowest BCUT2D eigenvalue weighted by molar-refractivity contribution is -0.125. The molecule has 1 fully saturated rings. The second kappa shape index (κ2) is 9.29. The van der Waals surface area contributed by atoms with Gasteiger partial charge in [0.2, 0.25) is 11.9 Å². The van der Waals surface area contributed by atoms with Crippen molar-refractivity contribution in [2.75, 3.05) is 38.8 Å². The number of amides is 1. The molecule has 1 aliphatic heterocycles. The smallest absolute Gasteiger partial charge is 0.224 e. The number of hydrogen-bond donors (Lipinski definition) is 2. The van der Waals surface area contributed by atoms with Gasteiger partial charge in [0.1, 0.15) is 0 Å². The molecular weight excluding hydrogens is 392 g/mol. The van der Waals surface area contributed by atoms with Gasteiger partial charge >= 0.3 is 0 Å². The maximum atomic E-state index is 12.8. The quantitative estimate of drug-likeness (QED) is 0.610. The Bertz CT molecular complexity index is 1060. The molecule has 7 nitrogen and oxygen atoms in total. The van der Waals surface area contributed by atoms with Crippen LogP contribution in [-0.2, 0) is 11.2 Å². The highest BCUT2D eigenvalue weighted by atomic mass is 16.5. The van der Waals surface area contributed by atoms with Crippen LogP contribution in [0.2, 0.25) is 0 Å². The Morgan fingerprint density at radius 3 is 2.84 bits per heavy atom. The van der Waals surface area contributed by atoms with E-state index in [2.05, 4.69) is 34.3 Å². The molecule has 0 spiro atoms. The lowest BCUT2D eigenvalue weighted by Gasteiger charge is -2.31. The number of nitrogens with zero attached hydrogens (tertiary/aromatic N) is 2. The molecule has 0 saturated carbocycles. The molecule has 0 aliphatic carbocycles. The molecule has 1 atom stereocenters. The molecule has 3 aromatic rings. The standard InChI is InChI=1S/C24H30N4O3/c1-16-6-8-19-20(13-16)27-24(26-19)28-12-4-5-18(15-28)23(29)25-11-10-17-7-9-21(30-2)22(14-17)31-3/h6-9,13-14,18H,4-5,10-12,15H2,1-3H3,(H,25,29)(H,26,27)/t18-/m0/s1. The van der Waals surface area contributed by atoms with E-state index in [1.165, 1.54) is 5.56 Å². The van der Waals surface area contributed by atoms with Crippen LogP contribution in [-0.4, -0.2) is 49.7 Å². The number of aromatic nitrogens is 2. The van der Waals surface area contributed by atoms with Crippen LogP contribution >= 0.6 is 0 Å². The fourth-order valence-electron chi connectivity index (χ4n) is 4.15. The predicted octanol–water partition coefficient (Wildman–Crippen LogP) is 3.46. The van der Waals surface area contributed by atoms with Gasteiger partial charge in [-0.2, -0.15) is 0 Å². The molecule has 4 rings (SSSR count). The molecule has 2 N–H and O–H groups in total. The van der Waals surface area contributed by atoms with Gasteiger partial charge in [0.05, 0.1) is 31.2 Å². The number of anilines is 1. The van der Waals surface area contributed by atoms with Crippen molar-refractivity contribution < 1.29 is 14.3 Å². The van der Waals surface area contributed by atoms with Gasteiger partial charge in [-0.3, -0.25) is 4.79 Å². The van der Waals surface area contributed by atoms with E-state index in [9.17, 15) is 4.79 Å². The van der Waals surface area contributed by atoms with Crippen molar-refractivity contribution in [3.8, 4) is 11.5 Å². The number of rotatable bonds is 7. The molecule has 1 aliphatic rings. The first-order chi connectivity index (χ1) is 15.1. The third kappa shape index (κ3) is 4.76. The normalized spacial score (nSPS) is 16.4. The summed E-state index contributed by atoms with van der Waals surface area (Å²) in [6.07, 6.45) is 2.62. The zero-order valence-electron chi connectivity index (χ0n) is 18.4. The lowest BCUT2D eigenvalue weighted by atomic mass is 9.97. The van der Waals surface area contributed by atoms with Crippen LogP contribution in [0.4, 0.5) is 5.95 Å². The first-order valence-corrected chi connectivity index (χ1v) is 10.8. The molecule has 164 valence electrons. The molecule has 2 heterocycles. The van der Waals surface area contributed by atoms with E-state index in [0.29, 0.717) is 24.6 Å². The molecule has 7 heteroatoms. The highest BCUT2D eigenvalue weighted by Crippen LogP contribution is 2.28. The highest BCUT2D eigenvalue weighted by Gasteiger charge is 2.27. The minimum atomic E-state index is -0.0332. The monoisotopic (exact) mass is 422 g/mol. The Morgan fingerprint density at radius 1 is 1.19 bits per heavy atom. The van der Waals surface area contributed by atoms with Crippen LogP contribution in [0.1, 0.15) is 24.0 Å². The van der Waals surface area contributed by atoms with Gasteiger partial charge in [0.15, 0.2) is 11.5 Å². The van der Waals surface area contributed by atoms with E-state index in [0.717, 1.165) is 48.4 Å². The minimum Gasteiger partial charge on any atom is -0.493 e. The van der Waals surface area contributed by atoms with Gasteiger partial charge in [-0.25, -0.2) is 4.98 Å². The number of methoxy groups -OCH3 is 2. The molecule has 0 bridgehead atoms. The van der Waals surface area contributed by atoms with Crippen LogP contribution in [0, 0.1) is 12.8 Å². The van der Waals surface area contributed by atoms with Gasteiger partial charge in [0, 0.05) is 19.6 Å². The summed E-state index contributed by atoms with van der Waals surface area (Å²) in [6, 6.07) is 12.1. The van der Waals surface area contributed by atoms with Crippen molar-refractivity contribution in [1.29, 1.82) is 0 Å². The zero-order valence-corrected chi connectivity index (χ0v) is 18.4. The number of piperidine rings is 1. The predicted molar refractivity (Wildman–Crippen MR) is 122 cm³/mol. The summed E-state index contributed by atoms with van der Waals surface area (Å²) in [6.45, 7) is 4.26. The topological polar surface area (TPSA) is 79.5 Å². The van der Waals surface area contributed by atoms with Gasteiger partial charge in [-0.15, -0.1) is 0 Å².